The molecule has 0 unspecified atom stereocenters. The summed E-state index contributed by atoms with van der Waals surface area (Å²) in [7, 11) is 0. The minimum Gasteiger partial charge on any atom is -0.477 e. The quantitative estimate of drug-likeness (QED) is 0.855. The summed E-state index contributed by atoms with van der Waals surface area (Å²) < 4.78 is 5.88. The Balaban J connectivity index is 2.57. The third kappa shape index (κ3) is 2.02. The monoisotopic (exact) mass is 249 g/mol. The van der Waals surface area contributed by atoms with Crippen molar-refractivity contribution in [3.8, 4) is 0 Å². The Labute approximate surface area is 102 Å². The van der Waals surface area contributed by atoms with Crippen molar-refractivity contribution in [1.29, 1.82) is 0 Å². The minimum absolute atomic E-state index is 0.0850. The van der Waals surface area contributed by atoms with E-state index in [1.165, 1.54) is 4.57 Å². The topological polar surface area (TPSA) is 98.2 Å². The zero-order valence-electron chi connectivity index (χ0n) is 9.88. The highest BCUT2D eigenvalue weighted by Crippen LogP contribution is 2.07. The van der Waals surface area contributed by atoms with Crippen LogP contribution in [0.4, 0.5) is 0 Å². The van der Waals surface area contributed by atoms with Gasteiger partial charge in [0.1, 0.15) is 5.56 Å². The molecule has 0 spiro atoms. The van der Waals surface area contributed by atoms with E-state index in [1.807, 2.05) is 0 Å². The van der Waals surface area contributed by atoms with E-state index >= 15 is 0 Å². The lowest BCUT2D eigenvalue weighted by molar-refractivity contribution is 0.0693. The molecular weight excluding hydrogens is 238 g/mol. The fourth-order valence-electron chi connectivity index (χ4n) is 1.79. The van der Waals surface area contributed by atoms with Gasteiger partial charge in [-0.05, 0) is 25.5 Å². The number of aromatic carboxylic acids is 1. The van der Waals surface area contributed by atoms with Crippen LogP contribution < -0.4 is 5.56 Å². The van der Waals surface area contributed by atoms with Crippen LogP contribution in [0.3, 0.4) is 0 Å². The zero-order chi connectivity index (χ0) is 13.3. The van der Waals surface area contributed by atoms with Crippen LogP contribution in [-0.2, 0) is 6.54 Å². The second kappa shape index (κ2) is 4.44. The van der Waals surface area contributed by atoms with E-state index in [0.29, 0.717) is 17.1 Å². The molecule has 7 heteroatoms. The molecule has 94 valence electrons. The normalized spacial score (nSPS) is 10.6. The van der Waals surface area contributed by atoms with Gasteiger partial charge in [0.25, 0.3) is 5.56 Å². The molecule has 0 radical (unpaired) electrons. The van der Waals surface area contributed by atoms with E-state index in [2.05, 4.69) is 14.7 Å². The molecule has 0 fully saturated rings. The predicted molar refractivity (Wildman–Crippen MR) is 60.5 cm³/mol. The van der Waals surface area contributed by atoms with Crippen LogP contribution in [0.25, 0.3) is 0 Å². The van der Waals surface area contributed by atoms with Crippen molar-refractivity contribution in [1.82, 2.24) is 14.7 Å². The summed E-state index contributed by atoms with van der Waals surface area (Å²) in [4.78, 5) is 26.9. The Morgan fingerprint density at radius 3 is 2.78 bits per heavy atom. The lowest BCUT2D eigenvalue weighted by Gasteiger charge is -2.10. The summed E-state index contributed by atoms with van der Waals surface area (Å²) in [6.07, 6.45) is 1.15. The molecule has 0 aliphatic rings. The zero-order valence-corrected chi connectivity index (χ0v) is 9.88. The number of nitrogens with zero attached hydrogens (tertiary/aromatic N) is 3. The highest BCUT2D eigenvalue weighted by Gasteiger charge is 2.17. The first kappa shape index (κ1) is 12.0. The van der Waals surface area contributed by atoms with Crippen molar-refractivity contribution in [2.24, 2.45) is 0 Å². The van der Waals surface area contributed by atoms with Crippen LogP contribution in [0.15, 0.2) is 21.8 Å². The molecule has 0 aliphatic heterocycles. The molecule has 0 saturated carbocycles. The molecule has 2 aromatic heterocycles. The lowest BCUT2D eigenvalue weighted by atomic mass is 10.1. The van der Waals surface area contributed by atoms with Gasteiger partial charge in [0.2, 0.25) is 6.39 Å². The van der Waals surface area contributed by atoms with Crippen LogP contribution in [0.2, 0.25) is 0 Å². The first-order chi connectivity index (χ1) is 8.50. The minimum atomic E-state index is -1.24. The average Bonchev–Trinajstić information content (AvgIpc) is 2.75. The van der Waals surface area contributed by atoms with E-state index < -0.39 is 11.5 Å². The van der Waals surface area contributed by atoms with E-state index in [4.69, 9.17) is 5.11 Å². The van der Waals surface area contributed by atoms with Gasteiger partial charge < -0.3 is 14.2 Å². The lowest BCUT2D eigenvalue weighted by Crippen LogP contribution is -2.30. The van der Waals surface area contributed by atoms with Gasteiger partial charge in [0.05, 0.1) is 6.54 Å². The average molecular weight is 249 g/mol. The molecule has 18 heavy (non-hydrogen) atoms. The third-order valence-electron chi connectivity index (χ3n) is 2.62. The van der Waals surface area contributed by atoms with Crippen molar-refractivity contribution in [3.05, 3.63) is 45.5 Å². The fourth-order valence-corrected chi connectivity index (χ4v) is 1.79. The summed E-state index contributed by atoms with van der Waals surface area (Å²) >= 11 is 0. The molecule has 2 aromatic rings. The van der Waals surface area contributed by atoms with Gasteiger partial charge in [-0.1, -0.05) is 5.16 Å². The molecule has 0 atom stereocenters. The van der Waals surface area contributed by atoms with Gasteiger partial charge in [0.15, 0.2) is 5.82 Å². The molecule has 0 saturated heterocycles. The Kier molecular flexibility index (Phi) is 2.97. The first-order valence-corrected chi connectivity index (χ1v) is 5.20. The van der Waals surface area contributed by atoms with Crippen molar-refractivity contribution in [3.63, 3.8) is 0 Å². The van der Waals surface area contributed by atoms with Crippen LogP contribution in [0.5, 0.6) is 0 Å². The molecule has 2 rings (SSSR count). The number of aromatic nitrogens is 3. The fraction of sp³-hybridized carbons (Fsp3) is 0.273. The largest absolute Gasteiger partial charge is 0.477 e. The maximum atomic E-state index is 12.1. The second-order valence-electron chi connectivity index (χ2n) is 3.89. The SMILES string of the molecule is Cc1cc(C)n(Cc2ncon2)c(=O)c1C(=O)O. The number of hydrogen-bond donors (Lipinski definition) is 1. The molecule has 0 bridgehead atoms. The number of rotatable bonds is 3. The Morgan fingerprint density at radius 2 is 2.22 bits per heavy atom. The van der Waals surface area contributed by atoms with E-state index in [-0.39, 0.29) is 12.1 Å². The van der Waals surface area contributed by atoms with Gasteiger partial charge in [-0.3, -0.25) is 4.79 Å². The van der Waals surface area contributed by atoms with E-state index in [9.17, 15) is 9.59 Å². The first-order valence-electron chi connectivity index (χ1n) is 5.20. The van der Waals surface area contributed by atoms with Crippen molar-refractivity contribution in [2.75, 3.05) is 0 Å². The highest BCUT2D eigenvalue weighted by molar-refractivity contribution is 5.88. The molecule has 0 aliphatic carbocycles. The smallest absolute Gasteiger partial charge is 0.341 e. The van der Waals surface area contributed by atoms with Crippen molar-refractivity contribution in [2.45, 2.75) is 20.4 Å². The van der Waals surface area contributed by atoms with Crippen LogP contribution >= 0.6 is 0 Å². The van der Waals surface area contributed by atoms with Crippen LogP contribution in [-0.4, -0.2) is 25.8 Å². The number of carboxylic acid groups (broad SMARTS) is 1. The van der Waals surface area contributed by atoms with Gasteiger partial charge in [-0.25, -0.2) is 4.79 Å². The van der Waals surface area contributed by atoms with E-state index in [0.717, 1.165) is 6.39 Å². The maximum absolute atomic E-state index is 12.1. The molecule has 0 aromatic carbocycles. The van der Waals surface area contributed by atoms with E-state index in [1.54, 1.807) is 19.9 Å². The van der Waals surface area contributed by atoms with Gasteiger partial charge in [0, 0.05) is 5.69 Å². The summed E-state index contributed by atoms with van der Waals surface area (Å²) in [6, 6.07) is 1.64. The van der Waals surface area contributed by atoms with Crippen molar-refractivity contribution < 1.29 is 14.4 Å². The molecule has 0 amide bonds. The number of carboxylic acids is 1. The number of carbonyl (C=O) groups is 1. The molecule has 7 nitrogen and oxygen atoms in total. The predicted octanol–water partition coefficient (Wildman–Crippen LogP) is 0.595. The Morgan fingerprint density at radius 1 is 1.50 bits per heavy atom. The summed E-state index contributed by atoms with van der Waals surface area (Å²) in [5.74, 6) is -0.917. The van der Waals surface area contributed by atoms with Crippen LogP contribution in [0, 0.1) is 13.8 Å². The molecule has 2 heterocycles. The Hall–Kier alpha value is -2.44. The van der Waals surface area contributed by atoms with Gasteiger partial charge >= 0.3 is 5.97 Å². The maximum Gasteiger partial charge on any atom is 0.341 e. The number of hydrogen-bond acceptors (Lipinski definition) is 5. The van der Waals surface area contributed by atoms with Crippen molar-refractivity contribution >= 4 is 5.97 Å². The number of aryl methyl sites for hydroxylation is 2. The molecular formula is C11H11N3O4. The highest BCUT2D eigenvalue weighted by atomic mass is 16.5. The summed E-state index contributed by atoms with van der Waals surface area (Å²) in [5, 5.41) is 12.6. The van der Waals surface area contributed by atoms with Gasteiger partial charge in [-0.15, -0.1) is 0 Å². The summed E-state index contributed by atoms with van der Waals surface area (Å²) in [5.41, 5.74) is 0.288. The summed E-state index contributed by atoms with van der Waals surface area (Å²) in [6.45, 7) is 3.40. The third-order valence-corrected chi connectivity index (χ3v) is 2.62. The van der Waals surface area contributed by atoms with Gasteiger partial charge in [-0.2, -0.15) is 4.98 Å². The standard InChI is InChI=1S/C11H11N3O4/c1-6-3-7(2)14(4-8-12-5-18-13-8)10(15)9(6)11(16)17/h3,5H,4H2,1-2H3,(H,16,17). The second-order valence-corrected chi connectivity index (χ2v) is 3.89. The number of pyridine rings is 1. The molecule has 1 N–H and O–H groups in total. The Bertz CT molecular complexity index is 643. The van der Waals surface area contributed by atoms with Crippen LogP contribution in [0.1, 0.15) is 27.4 Å².